The number of fused-ring (bicyclic) bond motifs is 1. The van der Waals surface area contributed by atoms with Crippen LogP contribution in [0.25, 0.3) is 0 Å². The maximum atomic E-state index is 3.58. The average Bonchev–Trinajstić information content (AvgIpc) is 2.39. The summed E-state index contributed by atoms with van der Waals surface area (Å²) in [4.78, 5) is 2.50. The Bertz CT molecular complexity index is 388. The van der Waals surface area contributed by atoms with Gasteiger partial charge in [-0.1, -0.05) is 15.9 Å². The topological polar surface area (TPSA) is 15.3 Å². The van der Waals surface area contributed by atoms with E-state index in [-0.39, 0.29) is 0 Å². The molecular weight excluding hydrogens is 264 g/mol. The monoisotopic (exact) mass is 282 g/mol. The van der Waals surface area contributed by atoms with Crippen molar-refractivity contribution in [3.63, 3.8) is 0 Å². The molecular formula is C13H19BrN2. The minimum absolute atomic E-state index is 0.554. The molecule has 88 valence electrons. The van der Waals surface area contributed by atoms with E-state index in [0.717, 1.165) is 19.6 Å². The second kappa shape index (κ2) is 4.76. The predicted molar refractivity (Wildman–Crippen MR) is 73.1 cm³/mol. The molecule has 1 N–H and O–H groups in total. The van der Waals surface area contributed by atoms with Crippen LogP contribution >= 0.6 is 15.9 Å². The van der Waals surface area contributed by atoms with Gasteiger partial charge in [-0.25, -0.2) is 0 Å². The second-order valence-corrected chi connectivity index (χ2v) is 5.61. The van der Waals surface area contributed by atoms with Crippen LogP contribution < -0.4 is 10.2 Å². The summed E-state index contributed by atoms with van der Waals surface area (Å²) in [5.41, 5.74) is 4.18. The summed E-state index contributed by atoms with van der Waals surface area (Å²) in [6, 6.07) is 4.99. The van der Waals surface area contributed by atoms with Gasteiger partial charge in [-0.05, 0) is 44.0 Å². The molecule has 2 nitrogen and oxygen atoms in total. The zero-order chi connectivity index (χ0) is 11.7. The first-order valence-corrected chi connectivity index (χ1v) is 6.65. The van der Waals surface area contributed by atoms with Gasteiger partial charge in [-0.15, -0.1) is 0 Å². The summed E-state index contributed by atoms with van der Waals surface area (Å²) >= 11 is 3.58. The molecule has 0 bridgehead atoms. The van der Waals surface area contributed by atoms with E-state index in [1.807, 2.05) is 0 Å². The Labute approximate surface area is 106 Å². The molecule has 1 heterocycles. The number of hydrogen-bond donors (Lipinski definition) is 1. The summed E-state index contributed by atoms with van der Waals surface area (Å²) in [5, 5.41) is 3.48. The van der Waals surface area contributed by atoms with Gasteiger partial charge in [0.15, 0.2) is 0 Å². The van der Waals surface area contributed by atoms with E-state index in [4.69, 9.17) is 0 Å². The average molecular weight is 283 g/mol. The molecule has 0 aromatic heterocycles. The van der Waals surface area contributed by atoms with E-state index in [1.165, 1.54) is 21.3 Å². The summed E-state index contributed by atoms with van der Waals surface area (Å²) in [7, 11) is 0. The molecule has 0 atom stereocenters. The van der Waals surface area contributed by atoms with Gasteiger partial charge >= 0.3 is 0 Å². The third kappa shape index (κ3) is 2.25. The van der Waals surface area contributed by atoms with E-state index in [0.29, 0.717) is 6.04 Å². The predicted octanol–water partition coefficient (Wildman–Crippen LogP) is 3.08. The van der Waals surface area contributed by atoms with Crippen LogP contribution in [0.5, 0.6) is 0 Å². The molecule has 1 aliphatic heterocycles. The lowest BCUT2D eigenvalue weighted by Gasteiger charge is -2.30. The first-order chi connectivity index (χ1) is 7.59. The van der Waals surface area contributed by atoms with Crippen LogP contribution in [0.3, 0.4) is 0 Å². The molecule has 0 saturated heterocycles. The van der Waals surface area contributed by atoms with Gasteiger partial charge in [0, 0.05) is 35.8 Å². The Hall–Kier alpha value is -0.540. The molecule has 16 heavy (non-hydrogen) atoms. The Kier molecular flexibility index (Phi) is 3.55. The van der Waals surface area contributed by atoms with Crippen molar-refractivity contribution >= 4 is 21.6 Å². The molecule has 0 amide bonds. The zero-order valence-electron chi connectivity index (χ0n) is 10.2. The van der Waals surface area contributed by atoms with Crippen LogP contribution in [0.15, 0.2) is 16.6 Å². The summed E-state index contributed by atoms with van der Waals surface area (Å²) < 4.78 is 1.18. The fourth-order valence-corrected chi connectivity index (χ4v) is 3.02. The number of nitrogens with zero attached hydrogens (tertiary/aromatic N) is 1. The highest BCUT2D eigenvalue weighted by Crippen LogP contribution is 2.31. The van der Waals surface area contributed by atoms with E-state index in [9.17, 15) is 0 Å². The Balaban J connectivity index is 2.51. The highest BCUT2D eigenvalue weighted by atomic mass is 79.9. The van der Waals surface area contributed by atoms with Crippen molar-refractivity contribution in [2.45, 2.75) is 33.4 Å². The standard InChI is InChI=1S/C13H19BrN2/c1-9(2)16-5-4-15-8-11-7-12(14)6-10(3)13(11)16/h6-7,9,15H,4-5,8H2,1-3H3. The van der Waals surface area contributed by atoms with E-state index < -0.39 is 0 Å². The van der Waals surface area contributed by atoms with Gasteiger partial charge in [0.25, 0.3) is 0 Å². The minimum atomic E-state index is 0.554. The highest BCUT2D eigenvalue weighted by Gasteiger charge is 2.19. The zero-order valence-corrected chi connectivity index (χ0v) is 11.8. The normalized spacial score (nSPS) is 16.2. The van der Waals surface area contributed by atoms with E-state index >= 15 is 0 Å². The minimum Gasteiger partial charge on any atom is -0.367 e. The Morgan fingerprint density at radius 2 is 2.12 bits per heavy atom. The van der Waals surface area contributed by atoms with Crippen molar-refractivity contribution in [3.05, 3.63) is 27.7 Å². The van der Waals surface area contributed by atoms with Crippen molar-refractivity contribution in [1.29, 1.82) is 0 Å². The first kappa shape index (κ1) is 11.9. The molecule has 0 spiro atoms. The summed E-state index contributed by atoms with van der Waals surface area (Å²) in [5.74, 6) is 0. The highest BCUT2D eigenvalue weighted by molar-refractivity contribution is 9.10. The lowest BCUT2D eigenvalue weighted by molar-refractivity contribution is 0.646. The maximum absolute atomic E-state index is 3.58. The van der Waals surface area contributed by atoms with Crippen molar-refractivity contribution < 1.29 is 0 Å². The fourth-order valence-electron chi connectivity index (χ4n) is 2.40. The van der Waals surface area contributed by atoms with Crippen molar-refractivity contribution in [3.8, 4) is 0 Å². The number of anilines is 1. The van der Waals surface area contributed by atoms with Gasteiger partial charge in [-0.3, -0.25) is 0 Å². The molecule has 0 aliphatic carbocycles. The third-order valence-corrected chi connectivity index (χ3v) is 3.56. The van der Waals surface area contributed by atoms with E-state index in [2.05, 4.69) is 59.1 Å². The number of nitrogens with one attached hydrogen (secondary N) is 1. The van der Waals surface area contributed by atoms with Crippen molar-refractivity contribution in [2.24, 2.45) is 0 Å². The van der Waals surface area contributed by atoms with Crippen LogP contribution in [0.4, 0.5) is 5.69 Å². The largest absolute Gasteiger partial charge is 0.367 e. The molecule has 1 aliphatic rings. The van der Waals surface area contributed by atoms with Crippen LogP contribution in [0.2, 0.25) is 0 Å². The molecule has 0 unspecified atom stereocenters. The van der Waals surface area contributed by atoms with Crippen molar-refractivity contribution in [1.82, 2.24) is 5.32 Å². The number of halogens is 1. The van der Waals surface area contributed by atoms with Gasteiger partial charge in [-0.2, -0.15) is 0 Å². The Morgan fingerprint density at radius 1 is 1.38 bits per heavy atom. The van der Waals surface area contributed by atoms with Gasteiger partial charge in [0.05, 0.1) is 0 Å². The lowest BCUT2D eigenvalue weighted by atomic mass is 10.1. The second-order valence-electron chi connectivity index (χ2n) is 4.69. The van der Waals surface area contributed by atoms with Crippen LogP contribution in [-0.2, 0) is 6.54 Å². The number of hydrogen-bond acceptors (Lipinski definition) is 2. The fraction of sp³-hybridized carbons (Fsp3) is 0.538. The molecule has 1 aromatic rings. The molecule has 1 aromatic carbocycles. The molecule has 3 heteroatoms. The van der Waals surface area contributed by atoms with E-state index in [1.54, 1.807) is 0 Å². The van der Waals surface area contributed by atoms with Crippen LogP contribution in [0, 0.1) is 6.92 Å². The summed E-state index contributed by atoms with van der Waals surface area (Å²) in [6.45, 7) is 9.84. The Morgan fingerprint density at radius 3 is 2.81 bits per heavy atom. The number of benzene rings is 1. The van der Waals surface area contributed by atoms with Crippen LogP contribution in [-0.4, -0.2) is 19.1 Å². The summed E-state index contributed by atoms with van der Waals surface area (Å²) in [6.07, 6.45) is 0. The van der Waals surface area contributed by atoms with Gasteiger partial charge in [0.2, 0.25) is 0 Å². The molecule has 0 saturated carbocycles. The van der Waals surface area contributed by atoms with Crippen LogP contribution in [0.1, 0.15) is 25.0 Å². The third-order valence-electron chi connectivity index (χ3n) is 3.10. The molecule has 0 radical (unpaired) electrons. The SMILES string of the molecule is Cc1cc(Br)cc2c1N(C(C)C)CCNC2. The molecule has 2 rings (SSSR count). The lowest BCUT2D eigenvalue weighted by Crippen LogP contribution is -2.35. The van der Waals surface area contributed by atoms with Crippen molar-refractivity contribution in [2.75, 3.05) is 18.0 Å². The number of rotatable bonds is 1. The smallest absolute Gasteiger partial charge is 0.0445 e. The van der Waals surface area contributed by atoms with Gasteiger partial charge < -0.3 is 10.2 Å². The molecule has 0 fully saturated rings. The van der Waals surface area contributed by atoms with Gasteiger partial charge in [0.1, 0.15) is 0 Å². The maximum Gasteiger partial charge on any atom is 0.0445 e. The first-order valence-electron chi connectivity index (χ1n) is 5.86. The quantitative estimate of drug-likeness (QED) is 0.852. The number of aryl methyl sites for hydroxylation is 1.